The van der Waals surface area contributed by atoms with Crippen LogP contribution in [0.15, 0.2) is 18.2 Å². The van der Waals surface area contributed by atoms with Crippen LogP contribution < -0.4 is 0 Å². The van der Waals surface area contributed by atoms with Crippen LogP contribution in [0.3, 0.4) is 0 Å². The first-order valence-electron chi connectivity index (χ1n) is 7.31. The van der Waals surface area contributed by atoms with Crippen molar-refractivity contribution < 1.29 is 27.9 Å². The van der Waals surface area contributed by atoms with Gasteiger partial charge in [-0.15, -0.1) is 0 Å². The first kappa shape index (κ1) is 16.5. The van der Waals surface area contributed by atoms with Crippen LogP contribution in [-0.4, -0.2) is 66.0 Å². The smallest absolute Gasteiger partial charge is 0.335 e. The fourth-order valence-electron chi connectivity index (χ4n) is 2.68. The van der Waals surface area contributed by atoms with Gasteiger partial charge in [-0.1, -0.05) is 6.07 Å². The van der Waals surface area contributed by atoms with E-state index in [1.807, 2.05) is 0 Å². The van der Waals surface area contributed by atoms with Crippen LogP contribution in [-0.2, 0) is 14.3 Å². The van der Waals surface area contributed by atoms with Gasteiger partial charge in [-0.05, 0) is 17.7 Å². The summed E-state index contributed by atoms with van der Waals surface area (Å²) >= 11 is 0. The number of urea groups is 1. The van der Waals surface area contributed by atoms with Gasteiger partial charge in [0.25, 0.3) is 0 Å². The fraction of sp³-hybridized carbons (Fsp3) is 0.400. The predicted molar refractivity (Wildman–Crippen MR) is 76.5 cm³/mol. The minimum absolute atomic E-state index is 0.0583. The van der Waals surface area contributed by atoms with E-state index in [1.54, 1.807) is 4.90 Å². The van der Waals surface area contributed by atoms with E-state index < -0.39 is 35.6 Å². The lowest BCUT2D eigenvalue weighted by Gasteiger charge is -2.34. The molecule has 0 aromatic heterocycles. The molecule has 2 fully saturated rings. The lowest BCUT2D eigenvalue weighted by molar-refractivity contribution is -0.144. The Labute approximate surface area is 136 Å². The summed E-state index contributed by atoms with van der Waals surface area (Å²) in [5.41, 5.74) is 0.464. The van der Waals surface area contributed by atoms with E-state index in [0.717, 1.165) is 21.9 Å². The Hall–Kier alpha value is -2.39. The zero-order valence-corrected chi connectivity index (χ0v) is 12.9. The number of hydrogen-bond donors (Lipinski definition) is 0. The van der Waals surface area contributed by atoms with Gasteiger partial charge in [-0.2, -0.15) is 0 Å². The molecule has 9 heteroatoms. The van der Waals surface area contributed by atoms with E-state index in [-0.39, 0.29) is 13.2 Å². The summed E-state index contributed by atoms with van der Waals surface area (Å²) in [4.78, 5) is 38.6. The average molecular weight is 339 g/mol. The molecular weight excluding hydrogens is 324 g/mol. The van der Waals surface area contributed by atoms with E-state index in [0.29, 0.717) is 18.7 Å². The maximum Gasteiger partial charge on any atom is 0.335 e. The molecule has 24 heavy (non-hydrogen) atoms. The lowest BCUT2D eigenvalue weighted by atomic mass is 10.1. The highest BCUT2D eigenvalue weighted by molar-refractivity contribution is 6.44. The molecule has 0 spiro atoms. The molecule has 2 aliphatic rings. The number of benzene rings is 1. The molecule has 1 unspecified atom stereocenters. The third kappa shape index (κ3) is 2.87. The zero-order valence-electron chi connectivity index (χ0n) is 12.9. The van der Waals surface area contributed by atoms with E-state index >= 15 is 0 Å². The first-order valence-corrected chi connectivity index (χ1v) is 7.31. The highest BCUT2D eigenvalue weighted by Crippen LogP contribution is 2.24. The normalized spacial score (nSPS) is 22.6. The van der Waals surface area contributed by atoms with Crippen molar-refractivity contribution in [1.29, 1.82) is 0 Å². The van der Waals surface area contributed by atoms with Crippen LogP contribution >= 0.6 is 0 Å². The molecule has 2 aliphatic heterocycles. The number of carbonyl (C=O) groups excluding carboxylic acids is 3. The van der Waals surface area contributed by atoms with Crippen LogP contribution in [0.2, 0.25) is 0 Å². The van der Waals surface area contributed by atoms with Gasteiger partial charge in [0.2, 0.25) is 0 Å². The fourth-order valence-corrected chi connectivity index (χ4v) is 2.68. The van der Waals surface area contributed by atoms with Gasteiger partial charge in [0.05, 0.1) is 19.4 Å². The molecule has 0 saturated carbocycles. The van der Waals surface area contributed by atoms with Gasteiger partial charge >= 0.3 is 17.8 Å². The summed E-state index contributed by atoms with van der Waals surface area (Å²) in [6.07, 6.45) is -0.518. The van der Waals surface area contributed by atoms with Crippen molar-refractivity contribution in [2.75, 3.05) is 33.4 Å². The minimum Gasteiger partial charge on any atom is -0.371 e. The highest BCUT2D eigenvalue weighted by atomic mass is 19.2. The molecule has 1 atom stereocenters. The average Bonchev–Trinajstić information content (AvgIpc) is 2.75. The molecule has 128 valence electrons. The van der Waals surface area contributed by atoms with E-state index in [9.17, 15) is 23.2 Å². The van der Waals surface area contributed by atoms with Crippen molar-refractivity contribution in [3.8, 4) is 0 Å². The van der Waals surface area contributed by atoms with Crippen LogP contribution in [0, 0.1) is 11.6 Å². The molecule has 3 rings (SSSR count). The summed E-state index contributed by atoms with van der Waals surface area (Å²) < 4.78 is 31.9. The number of ether oxygens (including phenoxy) is 1. The van der Waals surface area contributed by atoms with Crippen molar-refractivity contribution >= 4 is 17.8 Å². The summed E-state index contributed by atoms with van der Waals surface area (Å²) in [6.45, 7) is 0.954. The van der Waals surface area contributed by atoms with Gasteiger partial charge < -0.3 is 4.74 Å². The molecule has 1 aromatic rings. The maximum absolute atomic E-state index is 13.4. The molecule has 0 aliphatic carbocycles. The molecule has 2 saturated heterocycles. The lowest BCUT2D eigenvalue weighted by Crippen LogP contribution is -2.47. The standard InChI is InChI=1S/C15H15F2N3O4/c1-18-13(21)14(22)20(15(18)23)8-19-4-5-24-12(7-19)9-2-3-10(16)11(17)6-9/h2-3,6,12H,4-5,7-8H2,1H3. The number of rotatable bonds is 3. The van der Waals surface area contributed by atoms with Gasteiger partial charge in [0.15, 0.2) is 11.6 Å². The number of nitrogens with zero attached hydrogens (tertiary/aromatic N) is 3. The molecule has 0 N–H and O–H groups in total. The minimum atomic E-state index is -0.967. The Morgan fingerprint density at radius 2 is 1.92 bits per heavy atom. The number of morpholine rings is 1. The Kier molecular flexibility index (Phi) is 4.29. The van der Waals surface area contributed by atoms with Gasteiger partial charge in [-0.25, -0.2) is 18.5 Å². The Morgan fingerprint density at radius 1 is 1.17 bits per heavy atom. The molecule has 4 amide bonds. The SMILES string of the molecule is CN1C(=O)C(=O)N(CN2CCOC(c3ccc(F)c(F)c3)C2)C1=O. The van der Waals surface area contributed by atoms with E-state index in [1.165, 1.54) is 13.1 Å². The Morgan fingerprint density at radius 3 is 2.54 bits per heavy atom. The Balaban J connectivity index is 1.70. The monoisotopic (exact) mass is 339 g/mol. The summed E-state index contributed by atoms with van der Waals surface area (Å²) in [5, 5.41) is 0. The van der Waals surface area contributed by atoms with Crippen molar-refractivity contribution in [2.45, 2.75) is 6.10 Å². The topological polar surface area (TPSA) is 70.2 Å². The first-order chi connectivity index (χ1) is 11.4. The number of carbonyl (C=O) groups is 3. The van der Waals surface area contributed by atoms with Crippen LogP contribution in [0.1, 0.15) is 11.7 Å². The quantitative estimate of drug-likeness (QED) is 0.599. The van der Waals surface area contributed by atoms with Crippen molar-refractivity contribution in [2.24, 2.45) is 0 Å². The second-order valence-electron chi connectivity index (χ2n) is 5.63. The van der Waals surface area contributed by atoms with Gasteiger partial charge in [0, 0.05) is 20.1 Å². The largest absolute Gasteiger partial charge is 0.371 e. The molecule has 0 radical (unpaired) electrons. The number of amides is 4. The third-order valence-electron chi connectivity index (χ3n) is 4.06. The summed E-state index contributed by atoms with van der Waals surface area (Å²) in [6, 6.07) is 2.83. The van der Waals surface area contributed by atoms with Crippen molar-refractivity contribution in [3.05, 3.63) is 35.4 Å². The van der Waals surface area contributed by atoms with Gasteiger partial charge in [-0.3, -0.25) is 19.4 Å². The molecule has 7 nitrogen and oxygen atoms in total. The number of imide groups is 2. The molecular formula is C15H15F2N3O4. The van der Waals surface area contributed by atoms with E-state index in [4.69, 9.17) is 4.74 Å². The second-order valence-corrected chi connectivity index (χ2v) is 5.63. The number of hydrogen-bond acceptors (Lipinski definition) is 5. The van der Waals surface area contributed by atoms with Gasteiger partial charge in [0.1, 0.15) is 0 Å². The summed E-state index contributed by atoms with van der Waals surface area (Å²) in [7, 11) is 1.24. The Bertz CT molecular complexity index is 712. The number of halogens is 2. The summed E-state index contributed by atoms with van der Waals surface area (Å²) in [5.74, 6) is -3.66. The third-order valence-corrected chi connectivity index (χ3v) is 4.06. The molecule has 0 bridgehead atoms. The highest BCUT2D eigenvalue weighted by Gasteiger charge is 2.43. The van der Waals surface area contributed by atoms with Crippen molar-refractivity contribution in [1.82, 2.24) is 14.7 Å². The van der Waals surface area contributed by atoms with Crippen LogP contribution in [0.25, 0.3) is 0 Å². The van der Waals surface area contributed by atoms with Crippen LogP contribution in [0.5, 0.6) is 0 Å². The molecule has 2 heterocycles. The van der Waals surface area contributed by atoms with E-state index in [2.05, 4.69) is 0 Å². The molecule has 1 aromatic carbocycles. The van der Waals surface area contributed by atoms with Crippen LogP contribution in [0.4, 0.5) is 13.6 Å². The predicted octanol–water partition coefficient (Wildman–Crippen LogP) is 0.716. The maximum atomic E-state index is 13.4. The number of likely N-dealkylation sites (N-methyl/N-ethyl adjacent to an activating group) is 1. The second kappa shape index (κ2) is 6.25. The van der Waals surface area contributed by atoms with Crippen molar-refractivity contribution in [3.63, 3.8) is 0 Å². The zero-order chi connectivity index (χ0) is 17.4.